The van der Waals surface area contributed by atoms with Gasteiger partial charge < -0.3 is 9.15 Å². The standard InChI is InChI=1S/C30H20Br2N2O4S2/c1-2-37-29(36)25-26(17-7-4-3-5-8-17)33-30-34(27(25)23-9-6-14-39-23)28(35)24(40-30)16-19-11-13-22(38-19)20-15-18(31)10-12-21(20)32/h3-16,27H,2H2,1H3/b24-16+/t27-/m1/s1. The highest BCUT2D eigenvalue weighted by Gasteiger charge is 2.35. The van der Waals surface area contributed by atoms with Gasteiger partial charge in [-0.3, -0.25) is 9.36 Å². The summed E-state index contributed by atoms with van der Waals surface area (Å²) in [5.41, 5.74) is 2.26. The fourth-order valence-corrected chi connectivity index (χ4v) is 7.15. The molecule has 2 aromatic carbocycles. The number of rotatable bonds is 6. The molecule has 0 saturated carbocycles. The number of aromatic nitrogens is 1. The van der Waals surface area contributed by atoms with E-state index in [-0.39, 0.29) is 12.2 Å². The van der Waals surface area contributed by atoms with Crippen LogP contribution in [0, 0.1) is 0 Å². The minimum atomic E-state index is -0.669. The minimum absolute atomic E-state index is 0.209. The smallest absolute Gasteiger partial charge is 0.338 e. The van der Waals surface area contributed by atoms with Gasteiger partial charge in [-0.15, -0.1) is 11.3 Å². The highest BCUT2D eigenvalue weighted by atomic mass is 79.9. The van der Waals surface area contributed by atoms with Crippen molar-refractivity contribution < 1.29 is 13.9 Å². The Morgan fingerprint density at radius 2 is 1.93 bits per heavy atom. The molecule has 0 N–H and O–H groups in total. The number of nitrogens with zero attached hydrogens (tertiary/aromatic N) is 2. The van der Waals surface area contributed by atoms with Crippen molar-refractivity contribution in [1.82, 2.24) is 4.57 Å². The van der Waals surface area contributed by atoms with Crippen LogP contribution >= 0.6 is 54.5 Å². The zero-order valence-corrected chi connectivity index (χ0v) is 25.8. The Labute approximate surface area is 253 Å². The summed E-state index contributed by atoms with van der Waals surface area (Å²) < 4.78 is 15.5. The maximum absolute atomic E-state index is 13.9. The molecule has 1 aliphatic rings. The van der Waals surface area contributed by atoms with Crippen LogP contribution in [0.5, 0.6) is 0 Å². The number of halogens is 2. The summed E-state index contributed by atoms with van der Waals surface area (Å²) in [5, 5.41) is 1.93. The normalized spacial score (nSPS) is 15.2. The van der Waals surface area contributed by atoms with Gasteiger partial charge >= 0.3 is 5.97 Å². The molecular formula is C30H20Br2N2O4S2. The van der Waals surface area contributed by atoms with Crippen molar-refractivity contribution in [2.24, 2.45) is 4.99 Å². The zero-order valence-electron chi connectivity index (χ0n) is 21.0. The monoisotopic (exact) mass is 694 g/mol. The third-order valence-corrected chi connectivity index (χ3v) is 9.37. The molecule has 40 heavy (non-hydrogen) atoms. The van der Waals surface area contributed by atoms with Crippen molar-refractivity contribution in [1.29, 1.82) is 0 Å². The van der Waals surface area contributed by atoms with Crippen molar-refractivity contribution in [3.8, 4) is 11.3 Å². The van der Waals surface area contributed by atoms with E-state index in [0.717, 1.165) is 24.9 Å². The second-order valence-electron chi connectivity index (χ2n) is 8.77. The fourth-order valence-electron chi connectivity index (χ4n) is 4.55. The summed E-state index contributed by atoms with van der Waals surface area (Å²) in [6.07, 6.45) is 1.72. The largest absolute Gasteiger partial charge is 0.463 e. The maximum atomic E-state index is 13.9. The molecule has 6 nitrogen and oxygen atoms in total. The van der Waals surface area contributed by atoms with Crippen molar-refractivity contribution in [3.05, 3.63) is 129 Å². The first-order chi connectivity index (χ1) is 19.4. The van der Waals surface area contributed by atoms with E-state index in [1.54, 1.807) is 17.6 Å². The fraction of sp³-hybridized carbons (Fsp3) is 0.100. The SMILES string of the molecule is CCOC(=O)C1=C(c2ccccc2)N=c2s/c(=C/c3ccc(-c4cc(Br)ccc4Br)o3)c(=O)n2[C@@H]1c1cccs1. The molecule has 1 atom stereocenters. The first-order valence-electron chi connectivity index (χ1n) is 12.3. The number of esters is 1. The van der Waals surface area contributed by atoms with Gasteiger partial charge in [0, 0.05) is 31.0 Å². The molecule has 0 bridgehead atoms. The van der Waals surface area contributed by atoms with Crippen LogP contribution in [0.2, 0.25) is 0 Å². The summed E-state index contributed by atoms with van der Waals surface area (Å²) in [6, 6.07) is 22.2. The van der Waals surface area contributed by atoms with Gasteiger partial charge in [0.15, 0.2) is 4.80 Å². The molecule has 0 fully saturated rings. The highest BCUT2D eigenvalue weighted by Crippen LogP contribution is 2.37. The average molecular weight is 696 g/mol. The summed E-state index contributed by atoms with van der Waals surface area (Å²) in [4.78, 5) is 33.6. The first-order valence-corrected chi connectivity index (χ1v) is 15.6. The molecule has 0 amide bonds. The van der Waals surface area contributed by atoms with Gasteiger partial charge in [-0.05, 0) is 48.7 Å². The molecule has 3 aromatic heterocycles. The van der Waals surface area contributed by atoms with E-state index in [1.165, 1.54) is 22.7 Å². The van der Waals surface area contributed by atoms with Crippen LogP contribution in [-0.2, 0) is 9.53 Å². The van der Waals surface area contributed by atoms with E-state index in [2.05, 4.69) is 31.9 Å². The Balaban J connectivity index is 1.54. The Morgan fingerprint density at radius 1 is 1.10 bits per heavy atom. The average Bonchev–Trinajstić information content (AvgIpc) is 3.72. The van der Waals surface area contributed by atoms with Gasteiger partial charge in [-0.25, -0.2) is 9.79 Å². The first kappa shape index (κ1) is 26.9. The quantitative estimate of drug-likeness (QED) is 0.184. The molecule has 0 saturated heterocycles. The number of benzene rings is 2. The van der Waals surface area contributed by atoms with E-state index < -0.39 is 12.0 Å². The van der Waals surface area contributed by atoms with Gasteiger partial charge in [0.1, 0.15) is 17.6 Å². The van der Waals surface area contributed by atoms with Gasteiger partial charge in [0.05, 0.1) is 22.4 Å². The number of furan rings is 1. The second-order valence-corrected chi connectivity index (χ2v) is 12.5. The molecule has 6 rings (SSSR count). The van der Waals surface area contributed by atoms with Crippen LogP contribution in [0.4, 0.5) is 0 Å². The predicted molar refractivity (Wildman–Crippen MR) is 165 cm³/mol. The van der Waals surface area contributed by atoms with E-state index in [1.807, 2.05) is 78.2 Å². The summed E-state index contributed by atoms with van der Waals surface area (Å²) >= 11 is 9.82. The van der Waals surface area contributed by atoms with Crippen LogP contribution in [0.1, 0.15) is 29.2 Å². The van der Waals surface area contributed by atoms with Gasteiger partial charge in [0.2, 0.25) is 0 Å². The minimum Gasteiger partial charge on any atom is -0.463 e. The van der Waals surface area contributed by atoms with Crippen LogP contribution in [0.3, 0.4) is 0 Å². The molecule has 1 aliphatic heterocycles. The molecule has 0 unspecified atom stereocenters. The number of hydrogen-bond acceptors (Lipinski definition) is 7. The summed E-state index contributed by atoms with van der Waals surface area (Å²) in [5.74, 6) is 0.709. The van der Waals surface area contributed by atoms with Crippen LogP contribution in [-0.4, -0.2) is 17.1 Å². The van der Waals surface area contributed by atoms with Crippen LogP contribution < -0.4 is 14.9 Å². The van der Waals surface area contributed by atoms with Gasteiger partial charge in [-0.2, -0.15) is 0 Å². The van der Waals surface area contributed by atoms with E-state index in [9.17, 15) is 9.59 Å². The molecule has 10 heteroatoms. The van der Waals surface area contributed by atoms with Gasteiger partial charge in [0.25, 0.3) is 5.56 Å². The maximum Gasteiger partial charge on any atom is 0.338 e. The number of carbonyl (C=O) groups is 1. The predicted octanol–water partition coefficient (Wildman–Crippen LogP) is 6.78. The molecule has 0 aliphatic carbocycles. The molecule has 200 valence electrons. The zero-order chi connectivity index (χ0) is 27.8. The van der Waals surface area contributed by atoms with Crippen molar-refractivity contribution >= 4 is 72.3 Å². The number of thiazole rings is 1. The van der Waals surface area contributed by atoms with E-state index in [0.29, 0.717) is 32.1 Å². The lowest BCUT2D eigenvalue weighted by atomic mass is 9.97. The molecular weight excluding hydrogens is 676 g/mol. The number of carbonyl (C=O) groups excluding carboxylic acids is 1. The molecule has 0 radical (unpaired) electrons. The van der Waals surface area contributed by atoms with E-state index >= 15 is 0 Å². The third kappa shape index (κ3) is 5.01. The Hall–Kier alpha value is -3.31. The van der Waals surface area contributed by atoms with Crippen molar-refractivity contribution in [2.75, 3.05) is 6.61 Å². The van der Waals surface area contributed by atoms with Crippen LogP contribution in [0.25, 0.3) is 23.1 Å². The van der Waals surface area contributed by atoms with Crippen molar-refractivity contribution in [2.45, 2.75) is 13.0 Å². The summed E-state index contributed by atoms with van der Waals surface area (Å²) in [6.45, 7) is 1.97. The summed E-state index contributed by atoms with van der Waals surface area (Å²) in [7, 11) is 0. The number of fused-ring (bicyclic) bond motifs is 1. The lowest BCUT2D eigenvalue weighted by Crippen LogP contribution is -2.39. The molecule has 5 aromatic rings. The van der Waals surface area contributed by atoms with Crippen molar-refractivity contribution in [3.63, 3.8) is 0 Å². The second kappa shape index (κ2) is 11.3. The molecule has 0 spiro atoms. The number of thiophene rings is 1. The Morgan fingerprint density at radius 3 is 2.67 bits per heavy atom. The molecule has 4 heterocycles. The number of hydrogen-bond donors (Lipinski definition) is 0. The Bertz CT molecular complexity index is 1940. The third-order valence-electron chi connectivity index (χ3n) is 6.28. The van der Waals surface area contributed by atoms with Gasteiger partial charge in [-0.1, -0.05) is 79.6 Å². The lowest BCUT2D eigenvalue weighted by molar-refractivity contribution is -0.138. The lowest BCUT2D eigenvalue weighted by Gasteiger charge is -2.24. The highest BCUT2D eigenvalue weighted by molar-refractivity contribution is 9.11. The van der Waals surface area contributed by atoms with Crippen LogP contribution in [0.15, 0.2) is 107 Å². The Kier molecular flexibility index (Phi) is 7.59. The number of ether oxygens (including phenoxy) is 1. The topological polar surface area (TPSA) is 73.8 Å². The van der Waals surface area contributed by atoms with E-state index in [4.69, 9.17) is 14.1 Å².